The predicted molar refractivity (Wildman–Crippen MR) is 97.3 cm³/mol. The van der Waals surface area contributed by atoms with Crippen LogP contribution in [0.5, 0.6) is 5.75 Å². The number of aromatic nitrogens is 2. The fourth-order valence-corrected chi connectivity index (χ4v) is 2.52. The Morgan fingerprint density at radius 2 is 1.96 bits per heavy atom. The Balaban J connectivity index is 2.10. The average Bonchev–Trinajstić information content (AvgIpc) is 2.53. The van der Waals surface area contributed by atoms with Gasteiger partial charge in [0.15, 0.2) is 0 Å². The van der Waals surface area contributed by atoms with Gasteiger partial charge in [0.2, 0.25) is 0 Å². The standard InChI is InChI=1S/C19H25N3O3/c1-12-15(17(24)22-18(21-12)19(2,3)4)16(23)20-11-10-13-8-6-7-9-14(13)25-5/h6-9H,10-11H2,1-5H3,(H,20,23)(H,21,22,24). The first-order chi connectivity index (χ1) is 11.7. The third-order valence-corrected chi connectivity index (χ3v) is 3.91. The summed E-state index contributed by atoms with van der Waals surface area (Å²) in [5.74, 6) is 0.934. The molecule has 25 heavy (non-hydrogen) atoms. The molecule has 0 aliphatic carbocycles. The zero-order valence-corrected chi connectivity index (χ0v) is 15.4. The van der Waals surface area contributed by atoms with Gasteiger partial charge in [-0.2, -0.15) is 0 Å². The second-order valence-corrected chi connectivity index (χ2v) is 6.94. The van der Waals surface area contributed by atoms with E-state index in [1.165, 1.54) is 0 Å². The van der Waals surface area contributed by atoms with Crippen LogP contribution >= 0.6 is 0 Å². The third kappa shape index (κ3) is 4.47. The summed E-state index contributed by atoms with van der Waals surface area (Å²) in [4.78, 5) is 31.8. The molecule has 6 nitrogen and oxygen atoms in total. The summed E-state index contributed by atoms with van der Waals surface area (Å²) in [6.07, 6.45) is 0.611. The van der Waals surface area contributed by atoms with E-state index in [9.17, 15) is 9.59 Å². The molecule has 0 saturated carbocycles. The van der Waals surface area contributed by atoms with Crippen molar-refractivity contribution in [3.63, 3.8) is 0 Å². The van der Waals surface area contributed by atoms with Crippen LogP contribution in [0.1, 0.15) is 48.2 Å². The Kier molecular flexibility index (Phi) is 5.62. The molecule has 1 heterocycles. The minimum atomic E-state index is -0.415. The molecule has 0 bridgehead atoms. The highest BCUT2D eigenvalue weighted by Gasteiger charge is 2.22. The number of rotatable bonds is 5. The van der Waals surface area contributed by atoms with Crippen LogP contribution in [-0.2, 0) is 11.8 Å². The van der Waals surface area contributed by atoms with Crippen molar-refractivity contribution < 1.29 is 9.53 Å². The number of amides is 1. The van der Waals surface area contributed by atoms with Crippen molar-refractivity contribution in [2.75, 3.05) is 13.7 Å². The highest BCUT2D eigenvalue weighted by Crippen LogP contribution is 2.18. The highest BCUT2D eigenvalue weighted by atomic mass is 16.5. The number of H-pyrrole nitrogens is 1. The molecule has 0 fully saturated rings. The summed E-state index contributed by atoms with van der Waals surface area (Å²) < 4.78 is 5.29. The Hall–Kier alpha value is -2.63. The first-order valence-electron chi connectivity index (χ1n) is 8.25. The molecule has 2 N–H and O–H groups in total. The number of carbonyl (C=O) groups excluding carboxylic acids is 1. The molecule has 0 radical (unpaired) electrons. The molecule has 0 unspecified atom stereocenters. The number of hydrogen-bond acceptors (Lipinski definition) is 4. The largest absolute Gasteiger partial charge is 0.496 e. The molecule has 2 aromatic rings. The summed E-state index contributed by atoms with van der Waals surface area (Å²) in [5, 5.41) is 2.78. The normalized spacial score (nSPS) is 11.2. The number of hydrogen-bond donors (Lipinski definition) is 2. The maximum Gasteiger partial charge on any atom is 0.264 e. The zero-order chi connectivity index (χ0) is 18.6. The lowest BCUT2D eigenvalue weighted by atomic mass is 9.95. The SMILES string of the molecule is COc1ccccc1CCNC(=O)c1c(C)nc(C(C)(C)C)[nH]c1=O. The van der Waals surface area contributed by atoms with E-state index in [4.69, 9.17) is 4.74 Å². The van der Waals surface area contributed by atoms with Gasteiger partial charge in [0.05, 0.1) is 12.8 Å². The second kappa shape index (κ2) is 7.51. The quantitative estimate of drug-likeness (QED) is 0.873. The van der Waals surface area contributed by atoms with Gasteiger partial charge in [0.1, 0.15) is 17.1 Å². The van der Waals surface area contributed by atoms with Crippen molar-refractivity contribution in [1.29, 1.82) is 0 Å². The van der Waals surface area contributed by atoms with Crippen LogP contribution in [0.3, 0.4) is 0 Å². The van der Waals surface area contributed by atoms with Gasteiger partial charge < -0.3 is 15.0 Å². The lowest BCUT2D eigenvalue weighted by Gasteiger charge is -2.18. The molecule has 1 aromatic heterocycles. The Morgan fingerprint density at radius 1 is 1.28 bits per heavy atom. The molecule has 0 spiro atoms. The van der Waals surface area contributed by atoms with Crippen LogP contribution in [-0.4, -0.2) is 29.5 Å². The molecular formula is C19H25N3O3. The molecular weight excluding hydrogens is 318 g/mol. The molecule has 6 heteroatoms. The third-order valence-electron chi connectivity index (χ3n) is 3.91. The fraction of sp³-hybridized carbons (Fsp3) is 0.421. The Labute approximate surface area is 147 Å². The molecule has 1 aromatic carbocycles. The van der Waals surface area contributed by atoms with Crippen LogP contribution in [0.2, 0.25) is 0 Å². The molecule has 0 saturated heterocycles. The van der Waals surface area contributed by atoms with Gasteiger partial charge in [-0.05, 0) is 25.0 Å². The van der Waals surface area contributed by atoms with Crippen molar-refractivity contribution in [2.24, 2.45) is 0 Å². The number of para-hydroxylation sites is 1. The lowest BCUT2D eigenvalue weighted by Crippen LogP contribution is -2.34. The van der Waals surface area contributed by atoms with Gasteiger partial charge >= 0.3 is 0 Å². The highest BCUT2D eigenvalue weighted by molar-refractivity contribution is 5.94. The summed E-state index contributed by atoms with van der Waals surface area (Å²) in [5.41, 5.74) is 0.795. The summed E-state index contributed by atoms with van der Waals surface area (Å²) in [6.45, 7) is 7.95. The summed E-state index contributed by atoms with van der Waals surface area (Å²) in [7, 11) is 1.61. The van der Waals surface area contributed by atoms with E-state index in [2.05, 4.69) is 15.3 Å². The van der Waals surface area contributed by atoms with Gasteiger partial charge in [0.25, 0.3) is 11.5 Å². The van der Waals surface area contributed by atoms with E-state index < -0.39 is 11.5 Å². The lowest BCUT2D eigenvalue weighted by molar-refractivity contribution is 0.0951. The van der Waals surface area contributed by atoms with Crippen LogP contribution in [0.15, 0.2) is 29.1 Å². The number of nitrogens with one attached hydrogen (secondary N) is 2. The van der Waals surface area contributed by atoms with E-state index in [1.54, 1.807) is 14.0 Å². The van der Waals surface area contributed by atoms with Crippen molar-refractivity contribution in [2.45, 2.75) is 39.5 Å². The number of benzene rings is 1. The monoisotopic (exact) mass is 343 g/mol. The van der Waals surface area contributed by atoms with Crippen LogP contribution in [0.4, 0.5) is 0 Å². The van der Waals surface area contributed by atoms with Crippen LogP contribution < -0.4 is 15.6 Å². The molecule has 0 atom stereocenters. The minimum absolute atomic E-state index is 0.0630. The van der Waals surface area contributed by atoms with Gasteiger partial charge in [-0.1, -0.05) is 39.0 Å². The van der Waals surface area contributed by atoms with E-state index in [1.807, 2.05) is 45.0 Å². The number of aryl methyl sites for hydroxylation is 1. The second-order valence-electron chi connectivity index (χ2n) is 6.94. The van der Waals surface area contributed by atoms with E-state index in [0.717, 1.165) is 11.3 Å². The Bertz CT molecular complexity index is 819. The number of aromatic amines is 1. The smallest absolute Gasteiger partial charge is 0.264 e. The topological polar surface area (TPSA) is 84.1 Å². The van der Waals surface area contributed by atoms with Crippen LogP contribution in [0.25, 0.3) is 0 Å². The summed E-state index contributed by atoms with van der Waals surface area (Å²) in [6, 6.07) is 7.64. The maximum absolute atomic E-state index is 12.4. The first kappa shape index (κ1) is 18.7. The number of carbonyl (C=O) groups is 1. The number of ether oxygens (including phenoxy) is 1. The van der Waals surface area contributed by atoms with Crippen molar-refractivity contribution in [3.8, 4) is 5.75 Å². The van der Waals surface area contributed by atoms with E-state index >= 15 is 0 Å². The summed E-state index contributed by atoms with van der Waals surface area (Å²) >= 11 is 0. The first-order valence-corrected chi connectivity index (χ1v) is 8.25. The minimum Gasteiger partial charge on any atom is -0.496 e. The Morgan fingerprint density at radius 3 is 2.56 bits per heavy atom. The van der Waals surface area contributed by atoms with Crippen LogP contribution in [0, 0.1) is 6.92 Å². The van der Waals surface area contributed by atoms with Crippen molar-refractivity contribution >= 4 is 5.91 Å². The van der Waals surface area contributed by atoms with Crippen molar-refractivity contribution in [3.05, 3.63) is 57.3 Å². The van der Waals surface area contributed by atoms with Gasteiger partial charge in [-0.15, -0.1) is 0 Å². The number of nitrogens with zero attached hydrogens (tertiary/aromatic N) is 1. The zero-order valence-electron chi connectivity index (χ0n) is 15.4. The maximum atomic E-state index is 12.4. The van der Waals surface area contributed by atoms with Crippen molar-refractivity contribution in [1.82, 2.24) is 15.3 Å². The molecule has 2 rings (SSSR count). The predicted octanol–water partition coefficient (Wildman–Crippen LogP) is 2.36. The number of methoxy groups -OCH3 is 1. The molecule has 0 aliphatic heterocycles. The van der Waals surface area contributed by atoms with Gasteiger partial charge in [0, 0.05) is 12.0 Å². The van der Waals surface area contributed by atoms with Gasteiger partial charge in [-0.3, -0.25) is 9.59 Å². The van der Waals surface area contributed by atoms with E-state index in [0.29, 0.717) is 24.5 Å². The molecule has 134 valence electrons. The molecule has 0 aliphatic rings. The van der Waals surface area contributed by atoms with Gasteiger partial charge in [-0.25, -0.2) is 4.98 Å². The molecule has 1 amide bonds. The van der Waals surface area contributed by atoms with E-state index in [-0.39, 0.29) is 11.0 Å². The average molecular weight is 343 g/mol. The fourth-order valence-electron chi connectivity index (χ4n) is 2.52.